The largest absolute Gasteiger partial charge is 0.500 e. The van der Waals surface area contributed by atoms with E-state index in [1.807, 2.05) is 41.5 Å². The zero-order chi connectivity index (χ0) is 42.2. The predicted molar refractivity (Wildman–Crippen MR) is 227 cm³/mol. The Bertz CT molecular complexity index is 1620. The van der Waals surface area contributed by atoms with Crippen molar-refractivity contribution in [3.63, 3.8) is 0 Å². The van der Waals surface area contributed by atoms with E-state index in [1.165, 1.54) is 20.3 Å². The van der Waals surface area contributed by atoms with Gasteiger partial charge in [-0.05, 0) is 120 Å². The molecule has 0 aromatic heterocycles. The van der Waals surface area contributed by atoms with E-state index < -0.39 is 29.5 Å². The first-order chi connectivity index (χ1) is 28.1. The second kappa shape index (κ2) is 26.0. The van der Waals surface area contributed by atoms with E-state index in [4.69, 9.17) is 45.5 Å². The number of hydrogen-bond acceptors (Lipinski definition) is 14. The van der Waals surface area contributed by atoms with Crippen LogP contribution in [0.3, 0.4) is 0 Å². The molecule has 0 fully saturated rings. The fourth-order valence-electron chi connectivity index (χ4n) is 5.90. The lowest BCUT2D eigenvalue weighted by Crippen LogP contribution is -2.46. The van der Waals surface area contributed by atoms with Crippen LogP contribution >= 0.6 is 0 Å². The molecule has 0 heterocycles. The second-order valence-electron chi connectivity index (χ2n) is 12.4. The zero-order valence-corrected chi connectivity index (χ0v) is 37.2. The summed E-state index contributed by atoms with van der Waals surface area (Å²) in [5, 5.41) is 0. The average molecular weight is 841 g/mol. The zero-order valence-electron chi connectivity index (χ0n) is 35.2. The summed E-state index contributed by atoms with van der Waals surface area (Å²) in [5.41, 5.74) is 1.83. The number of esters is 2. The molecule has 318 valence electrons. The monoisotopic (exact) mass is 840 g/mol. The SMILES string of the molecule is CCO[Si](CCCN=Cc1ccc(OC(=O)c2cccc(C(=O)Oc3ccc(C=NCCC[Si](OCC)(OCC)OCC)cc3OC)c2)c(OC)c1)(OCC)OCC. The topological polar surface area (TPSA) is 151 Å². The van der Waals surface area contributed by atoms with E-state index in [2.05, 4.69) is 9.98 Å². The van der Waals surface area contributed by atoms with Crippen LogP contribution in [0.1, 0.15) is 86.2 Å². The Hall–Kier alpha value is -4.27. The van der Waals surface area contributed by atoms with Crippen LogP contribution in [-0.4, -0.2) is 109 Å². The van der Waals surface area contributed by atoms with Crippen molar-refractivity contribution in [1.29, 1.82) is 0 Å². The predicted octanol–water partition coefficient (Wildman–Crippen LogP) is 7.86. The maximum Gasteiger partial charge on any atom is 0.500 e. The molecule has 3 rings (SSSR count). The Morgan fingerprint density at radius 2 is 0.879 bits per heavy atom. The van der Waals surface area contributed by atoms with Crippen LogP contribution in [0.4, 0.5) is 0 Å². The molecule has 0 saturated carbocycles. The lowest BCUT2D eigenvalue weighted by molar-refractivity contribution is 0.0702. The molecule has 58 heavy (non-hydrogen) atoms. The Morgan fingerprint density at radius 1 is 0.517 bits per heavy atom. The highest BCUT2D eigenvalue weighted by Gasteiger charge is 2.40. The quantitative estimate of drug-likeness (QED) is 0.0230. The minimum Gasteiger partial charge on any atom is -0.493 e. The molecule has 3 aromatic carbocycles. The van der Waals surface area contributed by atoms with Crippen LogP contribution in [0.5, 0.6) is 23.0 Å². The normalized spacial score (nSPS) is 12.0. The third-order valence-corrected chi connectivity index (χ3v) is 14.6. The molecule has 14 nitrogen and oxygen atoms in total. The highest BCUT2D eigenvalue weighted by Crippen LogP contribution is 2.30. The molecule has 0 aliphatic carbocycles. The molecule has 3 aromatic rings. The molecule has 0 aliphatic rings. The number of rotatable bonds is 28. The van der Waals surface area contributed by atoms with Crippen molar-refractivity contribution in [2.75, 3.05) is 67.0 Å². The smallest absolute Gasteiger partial charge is 0.493 e. The van der Waals surface area contributed by atoms with Crippen LogP contribution in [0, 0.1) is 0 Å². The van der Waals surface area contributed by atoms with Crippen molar-refractivity contribution in [3.05, 3.63) is 82.9 Å². The van der Waals surface area contributed by atoms with E-state index in [0.717, 1.165) is 24.0 Å². The third-order valence-electron chi connectivity index (χ3n) is 8.32. The maximum atomic E-state index is 13.2. The van der Waals surface area contributed by atoms with Crippen LogP contribution in [0.15, 0.2) is 70.6 Å². The standard InChI is InChI=1S/C42H60N2O12Si2/c1-9-49-57(50-10-2,51-11-3)26-16-24-43-31-33-20-22-37(39(28-33)47-7)55-41(45)35-18-15-19-36(30-35)42(46)56-38-23-21-34(29-40(38)48-8)32-44-25-17-27-58(52-12-4,53-13-5)54-14-6/h15,18-23,28-32H,9-14,16-17,24-27H2,1-8H3. The molecule has 0 unspecified atom stereocenters. The highest BCUT2D eigenvalue weighted by atomic mass is 28.4. The summed E-state index contributed by atoms with van der Waals surface area (Å²) in [6.07, 6.45) is 4.94. The van der Waals surface area contributed by atoms with Crippen molar-refractivity contribution >= 4 is 42.0 Å². The molecule has 0 amide bonds. The molecule has 0 saturated heterocycles. The van der Waals surface area contributed by atoms with Gasteiger partial charge in [0.2, 0.25) is 0 Å². The lowest BCUT2D eigenvalue weighted by Gasteiger charge is -2.28. The van der Waals surface area contributed by atoms with E-state index in [-0.39, 0.29) is 22.6 Å². The Morgan fingerprint density at radius 3 is 1.21 bits per heavy atom. The van der Waals surface area contributed by atoms with Crippen LogP contribution in [-0.2, 0) is 26.6 Å². The van der Waals surface area contributed by atoms with Gasteiger partial charge in [0.15, 0.2) is 23.0 Å². The van der Waals surface area contributed by atoms with E-state index in [9.17, 15) is 9.59 Å². The average Bonchev–Trinajstić information content (AvgIpc) is 3.22. The molecule has 0 radical (unpaired) electrons. The van der Waals surface area contributed by atoms with Crippen molar-refractivity contribution in [3.8, 4) is 23.0 Å². The van der Waals surface area contributed by atoms with Gasteiger partial charge in [0, 0.05) is 77.2 Å². The van der Waals surface area contributed by atoms with Crippen molar-refractivity contribution < 1.29 is 55.1 Å². The van der Waals surface area contributed by atoms with Crippen molar-refractivity contribution in [2.24, 2.45) is 9.98 Å². The molecule has 16 heteroatoms. The summed E-state index contributed by atoms with van der Waals surface area (Å²) in [4.78, 5) is 35.6. The summed E-state index contributed by atoms with van der Waals surface area (Å²) in [6.45, 7) is 15.9. The molecular formula is C42H60N2O12Si2. The third kappa shape index (κ3) is 15.2. The number of methoxy groups -OCH3 is 2. The minimum atomic E-state index is -2.72. The van der Waals surface area contributed by atoms with Crippen molar-refractivity contribution in [1.82, 2.24) is 0 Å². The van der Waals surface area contributed by atoms with E-state index in [1.54, 1.807) is 67.0 Å². The Balaban J connectivity index is 1.60. The first kappa shape index (κ1) is 48.1. The fourth-order valence-corrected chi connectivity index (χ4v) is 11.1. The molecular weight excluding hydrogens is 781 g/mol. The van der Waals surface area contributed by atoms with Crippen LogP contribution < -0.4 is 18.9 Å². The van der Waals surface area contributed by atoms with Gasteiger partial charge >= 0.3 is 29.5 Å². The van der Waals surface area contributed by atoms with Gasteiger partial charge in [-0.3, -0.25) is 9.98 Å². The number of carbonyl (C=O) groups is 2. The summed E-state index contributed by atoms with van der Waals surface area (Å²) in [7, 11) is -2.48. The Kier molecular flexibility index (Phi) is 21.5. The summed E-state index contributed by atoms with van der Waals surface area (Å²) in [6, 6.07) is 17.7. The van der Waals surface area contributed by atoms with Gasteiger partial charge < -0.3 is 45.5 Å². The summed E-state index contributed by atoms with van der Waals surface area (Å²) in [5.74, 6) is -0.243. The minimum absolute atomic E-state index is 0.148. The number of aliphatic imine (C=N–C) groups is 2. The van der Waals surface area contributed by atoms with Crippen LogP contribution in [0.2, 0.25) is 12.1 Å². The van der Waals surface area contributed by atoms with Gasteiger partial charge in [0.25, 0.3) is 0 Å². The summed E-state index contributed by atoms with van der Waals surface area (Å²) < 4.78 is 57.9. The number of benzene rings is 3. The number of nitrogens with zero attached hydrogens (tertiary/aromatic N) is 2. The van der Waals surface area contributed by atoms with Gasteiger partial charge in [0.1, 0.15) is 0 Å². The first-order valence-electron chi connectivity index (χ1n) is 19.9. The second-order valence-corrected chi connectivity index (χ2v) is 17.9. The van der Waals surface area contributed by atoms with Gasteiger partial charge in [-0.15, -0.1) is 0 Å². The molecule has 0 aliphatic heterocycles. The molecule has 0 atom stereocenters. The fraction of sp³-hybridized carbons (Fsp3) is 0.476. The maximum absolute atomic E-state index is 13.2. The highest BCUT2D eigenvalue weighted by molar-refractivity contribution is 6.61. The summed E-state index contributed by atoms with van der Waals surface area (Å²) >= 11 is 0. The Labute approximate surface area is 345 Å². The molecule has 0 spiro atoms. The molecule has 0 N–H and O–H groups in total. The molecule has 0 bridgehead atoms. The van der Waals surface area contributed by atoms with Crippen molar-refractivity contribution in [2.45, 2.75) is 66.5 Å². The van der Waals surface area contributed by atoms with Gasteiger partial charge in [0.05, 0.1) is 25.3 Å². The number of ether oxygens (including phenoxy) is 4. The number of hydrogen-bond donors (Lipinski definition) is 0. The van der Waals surface area contributed by atoms with Gasteiger partial charge in [-0.1, -0.05) is 6.07 Å². The number of carbonyl (C=O) groups excluding carboxylic acids is 2. The van der Waals surface area contributed by atoms with E-state index in [0.29, 0.717) is 76.3 Å². The van der Waals surface area contributed by atoms with Gasteiger partial charge in [-0.25, -0.2) is 9.59 Å². The van der Waals surface area contributed by atoms with Crippen LogP contribution in [0.25, 0.3) is 0 Å². The van der Waals surface area contributed by atoms with Gasteiger partial charge in [-0.2, -0.15) is 0 Å². The first-order valence-corrected chi connectivity index (χ1v) is 23.7. The van der Waals surface area contributed by atoms with E-state index >= 15 is 0 Å². The lowest BCUT2D eigenvalue weighted by atomic mass is 10.1.